The monoisotopic (exact) mass is 222 g/mol. The van der Waals surface area contributed by atoms with E-state index in [9.17, 15) is 14.7 Å². The normalized spacial score (nSPS) is 9.56. The van der Waals surface area contributed by atoms with E-state index < -0.39 is 18.4 Å². The molecule has 1 amide bonds. The molecule has 0 saturated heterocycles. The van der Waals surface area contributed by atoms with Gasteiger partial charge in [-0.25, -0.2) is 0 Å². The molecule has 16 heavy (non-hydrogen) atoms. The number of hydrogen-bond donors (Lipinski definition) is 1. The third kappa shape index (κ3) is 4.00. The molecule has 0 aromatic heterocycles. The van der Waals surface area contributed by atoms with E-state index in [0.717, 1.165) is 5.56 Å². The standard InChI is InChI=1S/C11H13NO4/c1-8-4-2-3-5-9(8)16-7-10(13)12-6-11(14)15/h2-5H,6-7H2,1H3,(H,12,13)(H,14,15)/p-1. The first kappa shape index (κ1) is 12.0. The summed E-state index contributed by atoms with van der Waals surface area (Å²) in [6.07, 6.45) is 0. The van der Waals surface area contributed by atoms with Gasteiger partial charge in [0.1, 0.15) is 5.75 Å². The van der Waals surface area contributed by atoms with Crippen molar-refractivity contribution < 1.29 is 19.4 Å². The van der Waals surface area contributed by atoms with E-state index in [4.69, 9.17) is 4.74 Å². The van der Waals surface area contributed by atoms with Crippen LogP contribution < -0.4 is 15.2 Å². The number of aliphatic carboxylic acids is 1. The Balaban J connectivity index is 2.37. The van der Waals surface area contributed by atoms with Gasteiger partial charge in [-0.15, -0.1) is 0 Å². The number of hydrogen-bond acceptors (Lipinski definition) is 4. The van der Waals surface area contributed by atoms with Gasteiger partial charge in [0.2, 0.25) is 0 Å². The average Bonchev–Trinajstić information content (AvgIpc) is 2.25. The summed E-state index contributed by atoms with van der Waals surface area (Å²) in [4.78, 5) is 21.2. The zero-order valence-corrected chi connectivity index (χ0v) is 8.86. The van der Waals surface area contributed by atoms with Gasteiger partial charge in [-0.2, -0.15) is 0 Å². The van der Waals surface area contributed by atoms with Crippen molar-refractivity contribution in [2.75, 3.05) is 13.2 Å². The molecule has 86 valence electrons. The number of rotatable bonds is 5. The lowest BCUT2D eigenvalue weighted by molar-refractivity contribution is -0.304. The fourth-order valence-corrected chi connectivity index (χ4v) is 1.08. The summed E-state index contributed by atoms with van der Waals surface area (Å²) < 4.78 is 5.21. The summed E-state index contributed by atoms with van der Waals surface area (Å²) >= 11 is 0. The van der Waals surface area contributed by atoms with E-state index in [2.05, 4.69) is 5.32 Å². The number of carbonyl (C=O) groups excluding carboxylic acids is 2. The van der Waals surface area contributed by atoms with Crippen LogP contribution in [0.3, 0.4) is 0 Å². The number of carboxylic acids is 1. The second-order valence-corrected chi connectivity index (χ2v) is 3.20. The number of nitrogens with one attached hydrogen (secondary N) is 1. The van der Waals surface area contributed by atoms with Crippen LogP contribution in [-0.4, -0.2) is 25.0 Å². The highest BCUT2D eigenvalue weighted by Gasteiger charge is 2.03. The average molecular weight is 222 g/mol. The van der Waals surface area contributed by atoms with E-state index in [0.29, 0.717) is 5.75 Å². The first-order valence-corrected chi connectivity index (χ1v) is 4.74. The minimum atomic E-state index is -1.33. The molecule has 0 aliphatic heterocycles. The number of carboxylic acid groups (broad SMARTS) is 1. The molecule has 0 radical (unpaired) electrons. The van der Waals surface area contributed by atoms with Gasteiger partial charge >= 0.3 is 0 Å². The van der Waals surface area contributed by atoms with Crippen LogP contribution >= 0.6 is 0 Å². The number of amides is 1. The Hall–Kier alpha value is -2.04. The Morgan fingerprint density at radius 3 is 2.69 bits per heavy atom. The molecule has 1 aromatic rings. The van der Waals surface area contributed by atoms with E-state index >= 15 is 0 Å². The van der Waals surface area contributed by atoms with Gasteiger partial charge in [-0.05, 0) is 18.6 Å². The van der Waals surface area contributed by atoms with Crippen LogP contribution in [0.2, 0.25) is 0 Å². The zero-order chi connectivity index (χ0) is 12.0. The first-order chi connectivity index (χ1) is 7.59. The summed E-state index contributed by atoms with van der Waals surface area (Å²) in [7, 11) is 0. The van der Waals surface area contributed by atoms with Crippen LogP contribution in [0.5, 0.6) is 5.75 Å². The predicted octanol–water partition coefficient (Wildman–Crippen LogP) is -0.760. The van der Waals surface area contributed by atoms with Gasteiger partial charge in [0.15, 0.2) is 6.61 Å². The SMILES string of the molecule is Cc1ccccc1OCC(=O)NCC(=O)[O-]. The highest BCUT2D eigenvalue weighted by Crippen LogP contribution is 2.15. The molecule has 0 aliphatic rings. The lowest BCUT2D eigenvalue weighted by Gasteiger charge is -2.09. The van der Waals surface area contributed by atoms with Crippen LogP contribution in [0.25, 0.3) is 0 Å². The van der Waals surface area contributed by atoms with Gasteiger partial charge in [0.05, 0.1) is 12.5 Å². The van der Waals surface area contributed by atoms with Crippen LogP contribution in [0.15, 0.2) is 24.3 Å². The molecule has 0 unspecified atom stereocenters. The molecule has 0 fully saturated rings. The molecule has 0 spiro atoms. The van der Waals surface area contributed by atoms with E-state index in [1.165, 1.54) is 0 Å². The zero-order valence-electron chi connectivity index (χ0n) is 8.86. The molecular weight excluding hydrogens is 210 g/mol. The lowest BCUT2D eigenvalue weighted by atomic mass is 10.2. The first-order valence-electron chi connectivity index (χ1n) is 4.74. The maximum atomic E-state index is 11.1. The van der Waals surface area contributed by atoms with E-state index in [1.54, 1.807) is 12.1 Å². The molecule has 0 heterocycles. The van der Waals surface area contributed by atoms with Crippen LogP contribution in [0.4, 0.5) is 0 Å². The van der Waals surface area contributed by atoms with Crippen molar-refractivity contribution >= 4 is 11.9 Å². The van der Waals surface area contributed by atoms with E-state index in [1.807, 2.05) is 19.1 Å². The Morgan fingerprint density at radius 1 is 1.38 bits per heavy atom. The fourth-order valence-electron chi connectivity index (χ4n) is 1.08. The van der Waals surface area contributed by atoms with Crippen molar-refractivity contribution in [3.8, 4) is 5.75 Å². The van der Waals surface area contributed by atoms with Crippen molar-refractivity contribution in [2.24, 2.45) is 0 Å². The summed E-state index contributed by atoms with van der Waals surface area (Å²) in [6, 6.07) is 7.25. The molecule has 5 heteroatoms. The van der Waals surface area contributed by atoms with Crippen LogP contribution in [0.1, 0.15) is 5.56 Å². The number of ether oxygens (including phenoxy) is 1. The molecule has 1 N–H and O–H groups in total. The van der Waals surface area contributed by atoms with Gasteiger partial charge < -0.3 is 20.0 Å². The predicted molar refractivity (Wildman–Crippen MR) is 54.7 cm³/mol. The molecule has 0 saturated carbocycles. The maximum Gasteiger partial charge on any atom is 0.258 e. The minimum Gasteiger partial charge on any atom is -0.548 e. The molecule has 0 aliphatic carbocycles. The third-order valence-electron chi connectivity index (χ3n) is 1.88. The summed E-state index contributed by atoms with van der Waals surface area (Å²) in [5.74, 6) is -1.22. The molecule has 5 nitrogen and oxygen atoms in total. The molecule has 0 bridgehead atoms. The highest BCUT2D eigenvalue weighted by atomic mass is 16.5. The van der Waals surface area contributed by atoms with E-state index in [-0.39, 0.29) is 6.61 Å². The summed E-state index contributed by atoms with van der Waals surface area (Å²) in [6.45, 7) is 1.14. The Morgan fingerprint density at radius 2 is 2.06 bits per heavy atom. The number of carbonyl (C=O) groups is 2. The van der Waals surface area contributed by atoms with Gasteiger partial charge in [0.25, 0.3) is 5.91 Å². The maximum absolute atomic E-state index is 11.1. The fraction of sp³-hybridized carbons (Fsp3) is 0.273. The quantitative estimate of drug-likeness (QED) is 0.710. The Labute approximate surface area is 93.0 Å². The number of benzene rings is 1. The Kier molecular flexibility index (Phi) is 4.32. The third-order valence-corrected chi connectivity index (χ3v) is 1.88. The molecule has 1 rings (SSSR count). The molecule has 1 aromatic carbocycles. The van der Waals surface area contributed by atoms with Crippen molar-refractivity contribution in [1.29, 1.82) is 0 Å². The van der Waals surface area contributed by atoms with Crippen molar-refractivity contribution in [1.82, 2.24) is 5.32 Å². The minimum absolute atomic E-state index is 0.210. The Bertz CT molecular complexity index is 389. The van der Waals surface area contributed by atoms with Gasteiger partial charge in [-0.1, -0.05) is 18.2 Å². The highest BCUT2D eigenvalue weighted by molar-refractivity contribution is 5.81. The summed E-state index contributed by atoms with van der Waals surface area (Å²) in [5, 5.41) is 12.2. The molecular formula is C11H12NO4-. The lowest BCUT2D eigenvalue weighted by Crippen LogP contribution is -2.39. The second kappa shape index (κ2) is 5.75. The van der Waals surface area contributed by atoms with Gasteiger partial charge in [0, 0.05) is 0 Å². The van der Waals surface area contributed by atoms with Gasteiger partial charge in [-0.3, -0.25) is 4.79 Å². The number of para-hydroxylation sites is 1. The number of aryl methyl sites for hydroxylation is 1. The second-order valence-electron chi connectivity index (χ2n) is 3.20. The topological polar surface area (TPSA) is 78.5 Å². The smallest absolute Gasteiger partial charge is 0.258 e. The van der Waals surface area contributed by atoms with Crippen molar-refractivity contribution in [3.05, 3.63) is 29.8 Å². The molecule has 0 atom stereocenters. The van der Waals surface area contributed by atoms with Crippen molar-refractivity contribution in [2.45, 2.75) is 6.92 Å². The van der Waals surface area contributed by atoms with Crippen LogP contribution in [0, 0.1) is 6.92 Å². The largest absolute Gasteiger partial charge is 0.548 e. The summed E-state index contributed by atoms with van der Waals surface area (Å²) in [5.41, 5.74) is 0.912. The van der Waals surface area contributed by atoms with Crippen molar-refractivity contribution in [3.63, 3.8) is 0 Å². The van der Waals surface area contributed by atoms with Crippen LogP contribution in [-0.2, 0) is 9.59 Å².